The van der Waals surface area contributed by atoms with Crippen LogP contribution in [-0.4, -0.2) is 56.1 Å². The summed E-state index contributed by atoms with van der Waals surface area (Å²) >= 11 is 0. The largest absolute Gasteiger partial charge is 0.369 e. The van der Waals surface area contributed by atoms with Crippen molar-refractivity contribution in [2.24, 2.45) is 0 Å². The van der Waals surface area contributed by atoms with Crippen molar-refractivity contribution in [1.29, 1.82) is 0 Å². The maximum Gasteiger partial charge on any atom is 0.250 e. The van der Waals surface area contributed by atoms with Gasteiger partial charge in [-0.15, -0.1) is 0 Å². The van der Waals surface area contributed by atoms with Gasteiger partial charge in [-0.05, 0) is 31.9 Å². The molecule has 1 spiro atoms. The molecule has 8 nitrogen and oxygen atoms in total. The first kappa shape index (κ1) is 17.7. The number of piperidine rings is 1. The Hall–Kier alpha value is -2.13. The van der Waals surface area contributed by atoms with Crippen LogP contribution in [0.4, 0.5) is 11.4 Å². The lowest BCUT2D eigenvalue weighted by Gasteiger charge is -2.44. The van der Waals surface area contributed by atoms with Gasteiger partial charge in [-0.2, -0.15) is 0 Å². The molecule has 0 bridgehead atoms. The van der Waals surface area contributed by atoms with Gasteiger partial charge >= 0.3 is 0 Å². The third kappa shape index (κ3) is 3.62. The number of para-hydroxylation sites is 2. The lowest BCUT2D eigenvalue weighted by molar-refractivity contribution is -0.135. The third-order valence-electron chi connectivity index (χ3n) is 4.67. The Balaban J connectivity index is 1.67. The average molecular weight is 366 g/mol. The zero-order valence-corrected chi connectivity index (χ0v) is 15.0. The van der Waals surface area contributed by atoms with Crippen LogP contribution in [0.15, 0.2) is 24.3 Å². The number of hydrogen-bond acceptors (Lipinski definition) is 5. The highest BCUT2D eigenvalue weighted by Gasteiger charge is 2.45. The van der Waals surface area contributed by atoms with Gasteiger partial charge in [0.1, 0.15) is 5.54 Å². The van der Waals surface area contributed by atoms with E-state index in [0.29, 0.717) is 25.9 Å². The zero-order chi connectivity index (χ0) is 18.2. The van der Waals surface area contributed by atoms with Gasteiger partial charge in [0.25, 0.3) is 0 Å². The summed E-state index contributed by atoms with van der Waals surface area (Å²) in [7, 11) is -3.45. The number of fused-ring (bicyclic) bond motifs is 1. The summed E-state index contributed by atoms with van der Waals surface area (Å²) in [5, 5.41) is 6.25. The molecule has 2 aliphatic heterocycles. The normalized spacial score (nSPS) is 20.4. The van der Waals surface area contributed by atoms with Crippen LogP contribution in [-0.2, 0) is 19.6 Å². The predicted molar refractivity (Wildman–Crippen MR) is 94.7 cm³/mol. The molecule has 1 atom stereocenters. The minimum Gasteiger partial charge on any atom is -0.369 e. The van der Waals surface area contributed by atoms with Crippen molar-refractivity contribution < 1.29 is 18.0 Å². The summed E-state index contributed by atoms with van der Waals surface area (Å²) in [6.07, 6.45) is 1.95. The summed E-state index contributed by atoms with van der Waals surface area (Å²) in [5.74, 6) is -0.377. The first-order valence-electron chi connectivity index (χ1n) is 8.15. The molecular formula is C16H22N4O4S. The van der Waals surface area contributed by atoms with Gasteiger partial charge in [0.05, 0.1) is 23.7 Å². The summed E-state index contributed by atoms with van der Waals surface area (Å²) in [6, 6.07) is 6.68. The van der Waals surface area contributed by atoms with E-state index in [1.807, 2.05) is 24.3 Å². The number of carbonyl (C=O) groups excluding carboxylic acids is 2. The van der Waals surface area contributed by atoms with Crippen LogP contribution >= 0.6 is 0 Å². The van der Waals surface area contributed by atoms with Gasteiger partial charge in [0.2, 0.25) is 21.8 Å². The zero-order valence-electron chi connectivity index (χ0n) is 14.2. The number of hydrogen-bond donors (Lipinski definition) is 3. The molecule has 0 saturated carbocycles. The number of sulfonamides is 1. The van der Waals surface area contributed by atoms with E-state index in [4.69, 9.17) is 0 Å². The molecule has 1 aromatic carbocycles. The standard InChI is InChI=1S/C16H22N4O4S/c1-11(19-25(2,23)24)14(21)20-9-7-16(8-10-20)15(22)17-12-5-3-4-6-13(12)18-16/h3-6,11,18-19H,7-10H2,1-2H3,(H,17,22)/t11-/m0/s1. The van der Waals surface area contributed by atoms with E-state index >= 15 is 0 Å². The second-order valence-electron chi connectivity index (χ2n) is 6.64. The fourth-order valence-corrected chi connectivity index (χ4v) is 4.11. The number of likely N-dealkylation sites (tertiary alicyclic amines) is 1. The molecule has 2 heterocycles. The van der Waals surface area contributed by atoms with Gasteiger partial charge in [0, 0.05) is 13.1 Å². The van der Waals surface area contributed by atoms with Gasteiger partial charge in [-0.1, -0.05) is 12.1 Å². The van der Waals surface area contributed by atoms with Crippen LogP contribution in [0.25, 0.3) is 0 Å². The molecule has 2 aliphatic rings. The number of carbonyl (C=O) groups is 2. The van der Waals surface area contributed by atoms with E-state index in [2.05, 4.69) is 15.4 Å². The van der Waals surface area contributed by atoms with Crippen LogP contribution in [0, 0.1) is 0 Å². The Labute approximate surface area is 147 Å². The first-order chi connectivity index (χ1) is 11.7. The predicted octanol–water partition coefficient (Wildman–Crippen LogP) is 0.350. The highest BCUT2D eigenvalue weighted by molar-refractivity contribution is 7.88. The van der Waals surface area contributed by atoms with Crippen molar-refractivity contribution in [3.05, 3.63) is 24.3 Å². The molecule has 1 fully saturated rings. The monoisotopic (exact) mass is 366 g/mol. The molecule has 2 amide bonds. The fourth-order valence-electron chi connectivity index (χ4n) is 3.36. The van der Waals surface area contributed by atoms with Crippen molar-refractivity contribution in [3.8, 4) is 0 Å². The quantitative estimate of drug-likeness (QED) is 0.715. The maximum atomic E-state index is 12.6. The maximum absolute atomic E-state index is 12.6. The Bertz CT molecular complexity index is 800. The molecule has 3 rings (SSSR count). The average Bonchev–Trinajstić information content (AvgIpc) is 2.54. The van der Waals surface area contributed by atoms with E-state index in [-0.39, 0.29) is 11.8 Å². The lowest BCUT2D eigenvalue weighted by atomic mass is 9.84. The van der Waals surface area contributed by atoms with E-state index in [1.165, 1.54) is 6.92 Å². The second kappa shape index (κ2) is 6.30. The molecule has 25 heavy (non-hydrogen) atoms. The van der Waals surface area contributed by atoms with Crippen LogP contribution in [0.2, 0.25) is 0 Å². The van der Waals surface area contributed by atoms with E-state index < -0.39 is 21.6 Å². The Morgan fingerprint density at radius 2 is 1.84 bits per heavy atom. The highest BCUT2D eigenvalue weighted by atomic mass is 32.2. The topological polar surface area (TPSA) is 108 Å². The number of nitrogens with zero attached hydrogens (tertiary/aromatic N) is 1. The lowest BCUT2D eigenvalue weighted by Crippen LogP contribution is -2.60. The van der Waals surface area contributed by atoms with Crippen molar-refractivity contribution in [2.45, 2.75) is 31.3 Å². The van der Waals surface area contributed by atoms with Crippen molar-refractivity contribution >= 4 is 33.2 Å². The van der Waals surface area contributed by atoms with Gasteiger partial charge in [0.15, 0.2) is 0 Å². The van der Waals surface area contributed by atoms with Gasteiger partial charge in [-0.3, -0.25) is 9.59 Å². The van der Waals surface area contributed by atoms with E-state index in [9.17, 15) is 18.0 Å². The van der Waals surface area contributed by atoms with Crippen LogP contribution in [0.3, 0.4) is 0 Å². The van der Waals surface area contributed by atoms with Crippen molar-refractivity contribution in [2.75, 3.05) is 30.0 Å². The minimum atomic E-state index is -3.45. The SMILES string of the molecule is C[C@H](NS(C)(=O)=O)C(=O)N1CCC2(CC1)Nc1ccccc1NC2=O. The van der Waals surface area contributed by atoms with Crippen LogP contribution in [0.5, 0.6) is 0 Å². The smallest absolute Gasteiger partial charge is 0.250 e. The van der Waals surface area contributed by atoms with Crippen LogP contribution in [0.1, 0.15) is 19.8 Å². The van der Waals surface area contributed by atoms with Crippen molar-refractivity contribution in [1.82, 2.24) is 9.62 Å². The molecule has 0 unspecified atom stereocenters. The molecular weight excluding hydrogens is 344 g/mol. The number of anilines is 2. The van der Waals surface area contributed by atoms with Gasteiger partial charge < -0.3 is 15.5 Å². The summed E-state index contributed by atoms with van der Waals surface area (Å²) in [6.45, 7) is 2.30. The molecule has 1 saturated heterocycles. The van der Waals surface area contributed by atoms with Crippen LogP contribution < -0.4 is 15.4 Å². The van der Waals surface area contributed by atoms with Gasteiger partial charge in [-0.25, -0.2) is 13.1 Å². The van der Waals surface area contributed by atoms with E-state index in [1.54, 1.807) is 4.90 Å². The third-order valence-corrected chi connectivity index (χ3v) is 5.46. The summed E-state index contributed by atoms with van der Waals surface area (Å²) in [5.41, 5.74) is 0.884. The molecule has 0 aliphatic carbocycles. The number of nitrogens with one attached hydrogen (secondary N) is 3. The number of amides is 2. The highest BCUT2D eigenvalue weighted by Crippen LogP contribution is 2.36. The Kier molecular flexibility index (Phi) is 4.46. The molecule has 136 valence electrons. The molecule has 0 radical (unpaired) electrons. The molecule has 3 N–H and O–H groups in total. The number of benzene rings is 1. The molecule has 1 aromatic rings. The van der Waals surface area contributed by atoms with Crippen molar-refractivity contribution in [3.63, 3.8) is 0 Å². The summed E-state index contributed by atoms with van der Waals surface area (Å²) in [4.78, 5) is 26.6. The first-order valence-corrected chi connectivity index (χ1v) is 10.0. The second-order valence-corrected chi connectivity index (χ2v) is 8.42. The minimum absolute atomic E-state index is 0.0967. The molecule has 9 heteroatoms. The molecule has 0 aromatic heterocycles. The number of rotatable bonds is 3. The Morgan fingerprint density at radius 3 is 2.44 bits per heavy atom. The van der Waals surface area contributed by atoms with E-state index in [0.717, 1.165) is 17.6 Å². The Morgan fingerprint density at radius 1 is 1.24 bits per heavy atom. The fraction of sp³-hybridized carbons (Fsp3) is 0.500. The summed E-state index contributed by atoms with van der Waals surface area (Å²) < 4.78 is 24.9.